The van der Waals surface area contributed by atoms with E-state index in [-0.39, 0.29) is 0 Å². The molecule has 1 aromatic carbocycles. The summed E-state index contributed by atoms with van der Waals surface area (Å²) in [5.74, 6) is 0.585. The Kier molecular flexibility index (Phi) is 4.44. The largest absolute Gasteiger partial charge is 0.370 e. The molecule has 0 saturated carbocycles. The number of hydrogen-bond acceptors (Lipinski definition) is 3. The van der Waals surface area contributed by atoms with E-state index in [1.165, 1.54) is 11.3 Å². The predicted octanol–water partition coefficient (Wildman–Crippen LogP) is 2.84. The molecule has 1 heterocycles. The van der Waals surface area contributed by atoms with Crippen molar-refractivity contribution in [3.05, 3.63) is 29.8 Å². The average Bonchev–Trinajstić information content (AvgIpc) is 2.89. The van der Waals surface area contributed by atoms with Gasteiger partial charge in [0.2, 0.25) is 0 Å². The lowest BCUT2D eigenvalue weighted by Crippen LogP contribution is -2.34. The molecule has 1 aliphatic heterocycles. The van der Waals surface area contributed by atoms with Crippen molar-refractivity contribution in [1.29, 1.82) is 5.26 Å². The van der Waals surface area contributed by atoms with Gasteiger partial charge in [0.1, 0.15) is 0 Å². The molecule has 1 atom stereocenters. The van der Waals surface area contributed by atoms with Crippen LogP contribution in [0.25, 0.3) is 0 Å². The summed E-state index contributed by atoms with van der Waals surface area (Å²) in [5, 5.41) is 8.76. The van der Waals surface area contributed by atoms with Gasteiger partial charge in [-0.05, 0) is 37.1 Å². The predicted molar refractivity (Wildman–Crippen MR) is 79.4 cm³/mol. The molecule has 3 nitrogen and oxygen atoms in total. The monoisotopic (exact) mass is 257 g/mol. The molecule has 0 aliphatic carbocycles. The molecule has 102 valence electrons. The second-order valence-corrected chi connectivity index (χ2v) is 5.71. The van der Waals surface area contributed by atoms with Gasteiger partial charge in [-0.1, -0.05) is 26.0 Å². The van der Waals surface area contributed by atoms with Gasteiger partial charge in [0.25, 0.3) is 0 Å². The number of nitrogens with zero attached hydrogens (tertiary/aromatic N) is 3. The topological polar surface area (TPSA) is 30.3 Å². The summed E-state index contributed by atoms with van der Waals surface area (Å²) in [5.41, 5.74) is 2.69. The van der Waals surface area contributed by atoms with E-state index in [4.69, 9.17) is 5.26 Å². The molecule has 1 unspecified atom stereocenters. The smallest absolute Gasteiger partial charge is 0.0866 e. The SMILES string of the molecule is CC(C)c1ccc(N2CCC(N(C)CC#N)C2)cc1. The fourth-order valence-corrected chi connectivity index (χ4v) is 2.65. The molecule has 0 amide bonds. The van der Waals surface area contributed by atoms with Gasteiger partial charge in [-0.15, -0.1) is 0 Å². The molecule has 0 N–H and O–H groups in total. The zero-order valence-electron chi connectivity index (χ0n) is 12.1. The van der Waals surface area contributed by atoms with Gasteiger partial charge in [0.15, 0.2) is 0 Å². The molecule has 19 heavy (non-hydrogen) atoms. The lowest BCUT2D eigenvalue weighted by atomic mass is 10.0. The Morgan fingerprint density at radius 3 is 2.63 bits per heavy atom. The van der Waals surface area contributed by atoms with Crippen LogP contribution in [0.1, 0.15) is 31.7 Å². The third-order valence-electron chi connectivity index (χ3n) is 4.03. The Morgan fingerprint density at radius 2 is 2.05 bits per heavy atom. The second kappa shape index (κ2) is 6.08. The minimum Gasteiger partial charge on any atom is -0.370 e. The normalized spacial score (nSPS) is 19.2. The minimum atomic E-state index is 0.504. The first-order valence-corrected chi connectivity index (χ1v) is 7.04. The van der Waals surface area contributed by atoms with Crippen molar-refractivity contribution in [2.45, 2.75) is 32.2 Å². The van der Waals surface area contributed by atoms with Crippen LogP contribution in [0, 0.1) is 11.3 Å². The van der Waals surface area contributed by atoms with Gasteiger partial charge in [-0.25, -0.2) is 0 Å². The van der Waals surface area contributed by atoms with Crippen LogP contribution >= 0.6 is 0 Å². The van der Waals surface area contributed by atoms with E-state index < -0.39 is 0 Å². The summed E-state index contributed by atoms with van der Waals surface area (Å²) in [7, 11) is 2.04. The van der Waals surface area contributed by atoms with Crippen LogP contribution < -0.4 is 4.90 Å². The number of hydrogen-bond donors (Lipinski definition) is 0. The lowest BCUT2D eigenvalue weighted by Gasteiger charge is -2.23. The Hall–Kier alpha value is -1.53. The van der Waals surface area contributed by atoms with Crippen molar-refractivity contribution in [1.82, 2.24) is 4.90 Å². The van der Waals surface area contributed by atoms with Crippen molar-refractivity contribution in [3.63, 3.8) is 0 Å². The third-order valence-corrected chi connectivity index (χ3v) is 4.03. The Morgan fingerprint density at radius 1 is 1.37 bits per heavy atom. The number of rotatable bonds is 4. The van der Waals surface area contributed by atoms with Crippen LogP contribution in [0.5, 0.6) is 0 Å². The van der Waals surface area contributed by atoms with Crippen molar-refractivity contribution in [2.24, 2.45) is 0 Å². The highest BCUT2D eigenvalue weighted by Gasteiger charge is 2.25. The number of likely N-dealkylation sites (N-methyl/N-ethyl adjacent to an activating group) is 1. The first-order valence-electron chi connectivity index (χ1n) is 7.04. The van der Waals surface area contributed by atoms with Gasteiger partial charge >= 0.3 is 0 Å². The van der Waals surface area contributed by atoms with Crippen molar-refractivity contribution < 1.29 is 0 Å². The molecule has 0 radical (unpaired) electrons. The van der Waals surface area contributed by atoms with E-state index in [1.54, 1.807) is 0 Å². The molecule has 0 spiro atoms. The highest BCUT2D eigenvalue weighted by molar-refractivity contribution is 5.49. The molecule has 2 rings (SSSR count). The summed E-state index contributed by atoms with van der Waals surface area (Å²) >= 11 is 0. The van der Waals surface area contributed by atoms with Gasteiger partial charge in [-0.2, -0.15) is 5.26 Å². The van der Waals surface area contributed by atoms with Crippen LogP contribution in [-0.4, -0.2) is 37.6 Å². The van der Waals surface area contributed by atoms with Crippen LogP contribution in [0.2, 0.25) is 0 Å². The molecule has 1 saturated heterocycles. The zero-order valence-corrected chi connectivity index (χ0v) is 12.1. The van der Waals surface area contributed by atoms with Crippen LogP contribution in [0.15, 0.2) is 24.3 Å². The highest BCUT2D eigenvalue weighted by atomic mass is 15.2. The van der Waals surface area contributed by atoms with Gasteiger partial charge in [0.05, 0.1) is 12.6 Å². The molecule has 0 aromatic heterocycles. The summed E-state index contributed by atoms with van der Waals surface area (Å²) in [6, 6.07) is 11.6. The van der Waals surface area contributed by atoms with E-state index in [9.17, 15) is 0 Å². The van der Waals surface area contributed by atoms with E-state index in [1.807, 2.05) is 7.05 Å². The van der Waals surface area contributed by atoms with Crippen molar-refractivity contribution >= 4 is 5.69 Å². The lowest BCUT2D eigenvalue weighted by molar-refractivity contribution is 0.289. The van der Waals surface area contributed by atoms with Crippen LogP contribution in [0.4, 0.5) is 5.69 Å². The van der Waals surface area contributed by atoms with Gasteiger partial charge in [0, 0.05) is 24.8 Å². The van der Waals surface area contributed by atoms with Gasteiger partial charge in [-0.3, -0.25) is 4.90 Å². The van der Waals surface area contributed by atoms with E-state index >= 15 is 0 Å². The summed E-state index contributed by atoms with van der Waals surface area (Å²) in [4.78, 5) is 4.57. The molecule has 1 aliphatic rings. The molecule has 1 fully saturated rings. The van der Waals surface area contributed by atoms with E-state index in [0.29, 0.717) is 18.5 Å². The first-order chi connectivity index (χ1) is 9.11. The van der Waals surface area contributed by atoms with Crippen molar-refractivity contribution in [3.8, 4) is 6.07 Å². The number of anilines is 1. The highest BCUT2D eigenvalue weighted by Crippen LogP contribution is 2.24. The Balaban J connectivity index is 1.99. The Bertz CT molecular complexity index is 444. The van der Waals surface area contributed by atoms with Crippen LogP contribution in [0.3, 0.4) is 0 Å². The average molecular weight is 257 g/mol. The number of nitriles is 1. The summed E-state index contributed by atoms with van der Waals surface area (Å²) < 4.78 is 0. The van der Waals surface area contributed by atoms with Crippen LogP contribution in [-0.2, 0) is 0 Å². The second-order valence-electron chi connectivity index (χ2n) is 5.71. The molecule has 3 heteroatoms. The van der Waals surface area contributed by atoms with E-state index in [0.717, 1.165) is 19.5 Å². The maximum absolute atomic E-state index is 8.76. The summed E-state index contributed by atoms with van der Waals surface area (Å²) in [6.45, 7) is 7.07. The first kappa shape index (κ1) is 13.9. The Labute approximate surface area is 116 Å². The minimum absolute atomic E-state index is 0.504. The molecular weight excluding hydrogens is 234 g/mol. The maximum Gasteiger partial charge on any atom is 0.0866 e. The fourth-order valence-electron chi connectivity index (χ4n) is 2.65. The third kappa shape index (κ3) is 3.27. The summed E-state index contributed by atoms with van der Waals surface area (Å²) in [6.07, 6.45) is 1.14. The van der Waals surface area contributed by atoms with E-state index in [2.05, 4.69) is 54.0 Å². The molecular formula is C16H23N3. The maximum atomic E-state index is 8.76. The number of benzene rings is 1. The van der Waals surface area contributed by atoms with Gasteiger partial charge < -0.3 is 4.90 Å². The standard InChI is InChI=1S/C16H23N3/c1-13(2)14-4-6-15(7-5-14)19-10-8-16(12-19)18(3)11-9-17/h4-7,13,16H,8,10-12H2,1-3H3. The fraction of sp³-hybridized carbons (Fsp3) is 0.562. The molecule has 0 bridgehead atoms. The zero-order chi connectivity index (χ0) is 13.8. The molecule has 1 aromatic rings. The quantitative estimate of drug-likeness (QED) is 0.777. The van der Waals surface area contributed by atoms with Crippen molar-refractivity contribution in [2.75, 3.05) is 31.6 Å².